The third-order valence-corrected chi connectivity index (χ3v) is 3.56. The maximum atomic E-state index is 5.66. The van der Waals surface area contributed by atoms with E-state index in [1.54, 1.807) is 0 Å². The van der Waals surface area contributed by atoms with Gasteiger partial charge in [-0.3, -0.25) is 4.90 Å². The first-order valence-corrected chi connectivity index (χ1v) is 6.45. The van der Waals surface area contributed by atoms with Crippen LogP contribution in [0, 0.1) is 0 Å². The van der Waals surface area contributed by atoms with Gasteiger partial charge < -0.3 is 4.74 Å². The summed E-state index contributed by atoms with van der Waals surface area (Å²) in [5, 5.41) is 0. The molecule has 0 aliphatic carbocycles. The number of hydrogen-bond acceptors (Lipinski definition) is 3. The van der Waals surface area contributed by atoms with Crippen molar-refractivity contribution in [3.05, 3.63) is 35.9 Å². The third-order valence-electron chi connectivity index (χ3n) is 3.19. The molecule has 0 spiro atoms. The molecule has 1 fully saturated rings. The van der Waals surface area contributed by atoms with E-state index in [1.165, 1.54) is 5.56 Å². The first-order chi connectivity index (χ1) is 7.81. The first kappa shape index (κ1) is 12.0. The molecule has 3 heteroatoms. The van der Waals surface area contributed by atoms with Crippen molar-refractivity contribution < 1.29 is 4.74 Å². The topological polar surface area (TPSA) is 12.5 Å². The van der Waals surface area contributed by atoms with Crippen LogP contribution in [0.5, 0.6) is 0 Å². The van der Waals surface area contributed by atoms with Crippen LogP contribution >= 0.6 is 12.6 Å². The number of nitrogens with zero attached hydrogens (tertiary/aromatic N) is 1. The van der Waals surface area contributed by atoms with Crippen LogP contribution in [0.1, 0.15) is 12.5 Å². The molecule has 2 atom stereocenters. The summed E-state index contributed by atoms with van der Waals surface area (Å²) in [4.78, 5) is 2.47. The van der Waals surface area contributed by atoms with Crippen LogP contribution in [0.4, 0.5) is 0 Å². The lowest BCUT2D eigenvalue weighted by molar-refractivity contribution is -0.0566. The summed E-state index contributed by atoms with van der Waals surface area (Å²) in [7, 11) is 0. The van der Waals surface area contributed by atoms with Crippen molar-refractivity contribution >= 4 is 12.6 Å². The summed E-state index contributed by atoms with van der Waals surface area (Å²) in [5.41, 5.74) is 1.36. The monoisotopic (exact) mass is 237 g/mol. The Hall–Kier alpha value is -0.510. The average molecular weight is 237 g/mol. The van der Waals surface area contributed by atoms with Gasteiger partial charge in [0.1, 0.15) is 0 Å². The minimum Gasteiger partial charge on any atom is -0.376 e. The molecule has 1 aromatic carbocycles. The predicted octanol–water partition coefficient (Wildman–Crippen LogP) is 2.21. The van der Waals surface area contributed by atoms with Gasteiger partial charge in [0, 0.05) is 24.9 Å². The Labute approximate surface area is 103 Å². The van der Waals surface area contributed by atoms with Crippen LogP contribution < -0.4 is 0 Å². The van der Waals surface area contributed by atoms with E-state index < -0.39 is 0 Å². The minimum absolute atomic E-state index is 0.287. The van der Waals surface area contributed by atoms with Gasteiger partial charge in [-0.1, -0.05) is 30.3 Å². The van der Waals surface area contributed by atoms with Crippen molar-refractivity contribution in [3.8, 4) is 0 Å². The highest BCUT2D eigenvalue weighted by Crippen LogP contribution is 2.18. The van der Waals surface area contributed by atoms with Crippen LogP contribution in [0.3, 0.4) is 0 Å². The average Bonchev–Trinajstić information content (AvgIpc) is 2.31. The van der Waals surface area contributed by atoms with E-state index in [-0.39, 0.29) is 6.10 Å². The van der Waals surface area contributed by atoms with Crippen molar-refractivity contribution in [1.29, 1.82) is 0 Å². The fourth-order valence-corrected chi connectivity index (χ4v) is 2.74. The fraction of sp³-hybridized carbons (Fsp3) is 0.538. The molecule has 2 rings (SSSR count). The second-order valence-corrected chi connectivity index (χ2v) is 4.65. The zero-order valence-corrected chi connectivity index (χ0v) is 10.6. The van der Waals surface area contributed by atoms with Crippen molar-refractivity contribution in [2.75, 3.05) is 18.9 Å². The van der Waals surface area contributed by atoms with Gasteiger partial charge in [0.15, 0.2) is 0 Å². The highest BCUT2D eigenvalue weighted by molar-refractivity contribution is 7.80. The molecular weight excluding hydrogens is 218 g/mol. The molecule has 0 bridgehead atoms. The number of ether oxygens (including phenoxy) is 1. The Morgan fingerprint density at radius 1 is 1.38 bits per heavy atom. The Morgan fingerprint density at radius 2 is 2.12 bits per heavy atom. The van der Waals surface area contributed by atoms with Gasteiger partial charge in [0.2, 0.25) is 0 Å². The van der Waals surface area contributed by atoms with Crippen molar-refractivity contribution in [2.24, 2.45) is 0 Å². The van der Waals surface area contributed by atoms with Gasteiger partial charge in [-0.15, -0.1) is 0 Å². The van der Waals surface area contributed by atoms with Crippen molar-refractivity contribution in [2.45, 2.75) is 25.6 Å². The third kappa shape index (κ3) is 2.78. The molecule has 1 aromatic rings. The molecule has 88 valence electrons. The van der Waals surface area contributed by atoms with Gasteiger partial charge in [0.25, 0.3) is 0 Å². The number of rotatable bonds is 3. The summed E-state index contributed by atoms with van der Waals surface area (Å²) >= 11 is 4.43. The number of benzene rings is 1. The van der Waals surface area contributed by atoms with E-state index >= 15 is 0 Å². The lowest BCUT2D eigenvalue weighted by Crippen LogP contribution is -2.50. The summed E-state index contributed by atoms with van der Waals surface area (Å²) in [6.45, 7) is 4.97. The van der Waals surface area contributed by atoms with Gasteiger partial charge in [0.05, 0.1) is 12.7 Å². The van der Waals surface area contributed by atoms with Gasteiger partial charge in [-0.05, 0) is 12.5 Å². The van der Waals surface area contributed by atoms with Crippen molar-refractivity contribution in [1.82, 2.24) is 4.90 Å². The SMILES string of the molecule is C[C@H]1OCCN(Cc2ccccc2)[C@@H]1CS. The fourth-order valence-electron chi connectivity index (χ4n) is 2.21. The van der Waals surface area contributed by atoms with Gasteiger partial charge in [-0.2, -0.15) is 12.6 Å². The lowest BCUT2D eigenvalue weighted by Gasteiger charge is -2.39. The molecule has 1 aliphatic rings. The van der Waals surface area contributed by atoms with Crippen LogP contribution in [0.2, 0.25) is 0 Å². The van der Waals surface area contributed by atoms with Gasteiger partial charge >= 0.3 is 0 Å². The Bertz CT molecular complexity index is 317. The lowest BCUT2D eigenvalue weighted by atomic mass is 10.1. The van der Waals surface area contributed by atoms with E-state index in [0.29, 0.717) is 6.04 Å². The molecular formula is C13H19NOS. The standard InChI is InChI=1S/C13H19NOS/c1-11-13(10-16)14(7-8-15-11)9-12-5-3-2-4-6-12/h2-6,11,13,16H,7-10H2,1H3/t11-,13-/m1/s1. The van der Waals surface area contributed by atoms with Crippen LogP contribution in [-0.4, -0.2) is 36.0 Å². The summed E-state index contributed by atoms with van der Waals surface area (Å²) < 4.78 is 5.66. The Kier molecular flexibility index (Phi) is 4.27. The minimum atomic E-state index is 0.287. The van der Waals surface area contributed by atoms with Crippen LogP contribution in [0.15, 0.2) is 30.3 Å². The second kappa shape index (κ2) is 5.71. The second-order valence-electron chi connectivity index (χ2n) is 4.28. The highest BCUT2D eigenvalue weighted by atomic mass is 32.1. The number of thiol groups is 1. The van der Waals surface area contributed by atoms with E-state index in [2.05, 4.69) is 54.8 Å². The Balaban J connectivity index is 2.02. The summed E-state index contributed by atoms with van der Waals surface area (Å²) in [5.74, 6) is 0.855. The normalized spacial score (nSPS) is 26.9. The van der Waals surface area contributed by atoms with Gasteiger partial charge in [-0.25, -0.2) is 0 Å². The smallest absolute Gasteiger partial charge is 0.0710 e. The molecule has 1 aliphatic heterocycles. The molecule has 0 N–H and O–H groups in total. The maximum Gasteiger partial charge on any atom is 0.0710 e. The molecule has 1 heterocycles. The van der Waals surface area contributed by atoms with Crippen LogP contribution in [0.25, 0.3) is 0 Å². The molecule has 1 saturated heterocycles. The summed E-state index contributed by atoms with van der Waals surface area (Å²) in [6, 6.07) is 11.0. The van der Waals surface area contributed by atoms with Crippen molar-refractivity contribution in [3.63, 3.8) is 0 Å². The zero-order chi connectivity index (χ0) is 11.4. The molecule has 0 saturated carbocycles. The summed E-state index contributed by atoms with van der Waals surface area (Å²) in [6.07, 6.45) is 0.287. The predicted molar refractivity (Wildman–Crippen MR) is 69.9 cm³/mol. The molecule has 0 amide bonds. The van der Waals surface area contributed by atoms with E-state index in [4.69, 9.17) is 4.74 Å². The molecule has 0 aromatic heterocycles. The molecule has 2 nitrogen and oxygen atoms in total. The van der Waals surface area contributed by atoms with E-state index in [0.717, 1.165) is 25.4 Å². The Morgan fingerprint density at radius 3 is 2.81 bits per heavy atom. The van der Waals surface area contributed by atoms with E-state index in [9.17, 15) is 0 Å². The zero-order valence-electron chi connectivity index (χ0n) is 9.67. The highest BCUT2D eigenvalue weighted by Gasteiger charge is 2.27. The molecule has 0 radical (unpaired) electrons. The first-order valence-electron chi connectivity index (χ1n) is 5.81. The maximum absolute atomic E-state index is 5.66. The number of morpholine rings is 1. The quantitative estimate of drug-likeness (QED) is 0.809. The van der Waals surface area contributed by atoms with E-state index in [1.807, 2.05) is 0 Å². The largest absolute Gasteiger partial charge is 0.376 e. The molecule has 16 heavy (non-hydrogen) atoms. The number of hydrogen-bond donors (Lipinski definition) is 1. The molecule has 0 unspecified atom stereocenters. The van der Waals surface area contributed by atoms with Crippen LogP contribution in [-0.2, 0) is 11.3 Å².